The Morgan fingerprint density at radius 1 is 1.12 bits per heavy atom. The Bertz CT molecular complexity index is 704. The van der Waals surface area contributed by atoms with Gasteiger partial charge < -0.3 is 0 Å². The Hall–Kier alpha value is -2.67. The molecule has 17 heavy (non-hydrogen) atoms. The first-order valence-electron chi connectivity index (χ1n) is 5.18. The van der Waals surface area contributed by atoms with E-state index in [4.69, 9.17) is 5.26 Å². The van der Waals surface area contributed by atoms with Crippen molar-refractivity contribution in [2.45, 2.75) is 0 Å². The highest BCUT2D eigenvalue weighted by atomic mass is 15.2. The van der Waals surface area contributed by atoms with Gasteiger partial charge in [-0.1, -0.05) is 12.1 Å². The molecule has 2 aromatic heterocycles. The van der Waals surface area contributed by atoms with Crippen LogP contribution in [-0.4, -0.2) is 14.6 Å². The zero-order valence-electron chi connectivity index (χ0n) is 8.91. The van der Waals surface area contributed by atoms with Gasteiger partial charge in [-0.05, 0) is 24.3 Å². The van der Waals surface area contributed by atoms with Gasteiger partial charge in [0.2, 0.25) is 0 Å². The van der Waals surface area contributed by atoms with Gasteiger partial charge in [0, 0.05) is 11.8 Å². The van der Waals surface area contributed by atoms with Crippen molar-refractivity contribution in [3.63, 3.8) is 0 Å². The molecule has 0 atom stereocenters. The molecule has 4 heteroatoms. The van der Waals surface area contributed by atoms with Gasteiger partial charge in [-0.15, -0.1) is 0 Å². The number of hydrogen-bond donors (Lipinski definition) is 0. The van der Waals surface area contributed by atoms with Crippen molar-refractivity contribution >= 4 is 5.65 Å². The van der Waals surface area contributed by atoms with Crippen LogP contribution in [0.3, 0.4) is 0 Å². The fourth-order valence-corrected chi connectivity index (χ4v) is 1.74. The van der Waals surface area contributed by atoms with Crippen LogP contribution < -0.4 is 0 Å². The number of fused-ring (bicyclic) bond motifs is 1. The van der Waals surface area contributed by atoms with E-state index >= 15 is 0 Å². The molecular weight excluding hydrogens is 212 g/mol. The van der Waals surface area contributed by atoms with E-state index in [9.17, 15) is 0 Å². The molecule has 0 N–H and O–H groups in total. The molecule has 0 unspecified atom stereocenters. The van der Waals surface area contributed by atoms with Crippen LogP contribution >= 0.6 is 0 Å². The third-order valence-electron chi connectivity index (χ3n) is 2.59. The van der Waals surface area contributed by atoms with Crippen molar-refractivity contribution in [3.05, 3.63) is 54.4 Å². The molecule has 0 aliphatic rings. The number of rotatable bonds is 1. The van der Waals surface area contributed by atoms with Gasteiger partial charge in [-0.3, -0.25) is 0 Å². The first-order valence-corrected chi connectivity index (χ1v) is 5.18. The molecule has 0 aliphatic heterocycles. The Balaban J connectivity index is 2.17. The molecule has 4 nitrogen and oxygen atoms in total. The van der Waals surface area contributed by atoms with Gasteiger partial charge in [-0.25, -0.2) is 9.50 Å². The minimum atomic E-state index is 0.649. The fourth-order valence-electron chi connectivity index (χ4n) is 1.74. The second-order valence-electron chi connectivity index (χ2n) is 3.63. The molecule has 0 amide bonds. The van der Waals surface area contributed by atoms with E-state index in [1.165, 1.54) is 0 Å². The molecule has 0 saturated heterocycles. The molecule has 0 fully saturated rings. The van der Waals surface area contributed by atoms with Crippen LogP contribution in [0.2, 0.25) is 0 Å². The quantitative estimate of drug-likeness (QED) is 0.632. The summed E-state index contributed by atoms with van der Waals surface area (Å²) in [7, 11) is 0. The molecule has 0 bridgehead atoms. The van der Waals surface area contributed by atoms with Gasteiger partial charge >= 0.3 is 0 Å². The maximum atomic E-state index is 8.75. The van der Waals surface area contributed by atoms with E-state index in [0.29, 0.717) is 5.56 Å². The monoisotopic (exact) mass is 220 g/mol. The van der Waals surface area contributed by atoms with Crippen LogP contribution in [-0.2, 0) is 0 Å². The van der Waals surface area contributed by atoms with E-state index in [-0.39, 0.29) is 0 Å². The number of benzene rings is 1. The summed E-state index contributed by atoms with van der Waals surface area (Å²) in [6.45, 7) is 0. The number of aromatic nitrogens is 3. The first kappa shape index (κ1) is 9.55. The summed E-state index contributed by atoms with van der Waals surface area (Å²) in [6, 6.07) is 13.2. The Labute approximate surface area is 97.8 Å². The summed E-state index contributed by atoms with van der Waals surface area (Å²) in [5.74, 6) is 0. The Morgan fingerprint density at radius 3 is 2.71 bits per heavy atom. The molecule has 1 aromatic carbocycles. The van der Waals surface area contributed by atoms with Crippen LogP contribution in [0.15, 0.2) is 48.8 Å². The standard InChI is InChI=1S/C13H8N4/c14-8-10-3-5-11(6-4-10)12-9-15-13-2-1-7-16-17(12)13/h1-7,9H. The number of nitrogens with zero attached hydrogens (tertiary/aromatic N) is 4. The fraction of sp³-hybridized carbons (Fsp3) is 0. The lowest BCUT2D eigenvalue weighted by Gasteiger charge is -2.00. The smallest absolute Gasteiger partial charge is 0.154 e. The predicted octanol–water partition coefficient (Wildman–Crippen LogP) is 2.27. The zero-order chi connectivity index (χ0) is 11.7. The second kappa shape index (κ2) is 3.72. The summed E-state index contributed by atoms with van der Waals surface area (Å²) in [6.07, 6.45) is 3.51. The lowest BCUT2D eigenvalue weighted by Crippen LogP contribution is -1.92. The molecule has 3 aromatic rings. The van der Waals surface area contributed by atoms with Crippen molar-refractivity contribution in [1.82, 2.24) is 14.6 Å². The first-order chi connectivity index (χ1) is 8.38. The summed E-state index contributed by atoms with van der Waals surface area (Å²) in [4.78, 5) is 4.27. The molecular formula is C13H8N4. The third kappa shape index (κ3) is 1.54. The highest BCUT2D eigenvalue weighted by Crippen LogP contribution is 2.19. The SMILES string of the molecule is N#Cc1ccc(-c2cnc3cccnn23)cc1. The molecule has 2 heterocycles. The Kier molecular flexibility index (Phi) is 2.09. The van der Waals surface area contributed by atoms with Crippen molar-refractivity contribution in [1.29, 1.82) is 5.26 Å². The molecule has 3 rings (SSSR count). The van der Waals surface area contributed by atoms with Gasteiger partial charge in [0.1, 0.15) is 0 Å². The van der Waals surface area contributed by atoms with E-state index in [1.807, 2.05) is 24.3 Å². The zero-order valence-corrected chi connectivity index (χ0v) is 8.91. The maximum absolute atomic E-state index is 8.75. The average Bonchev–Trinajstić information content (AvgIpc) is 2.83. The second-order valence-corrected chi connectivity index (χ2v) is 3.63. The molecule has 0 aliphatic carbocycles. The summed E-state index contributed by atoms with van der Waals surface area (Å²) < 4.78 is 1.78. The van der Waals surface area contributed by atoms with Crippen LogP contribution in [0, 0.1) is 11.3 Å². The average molecular weight is 220 g/mol. The Morgan fingerprint density at radius 2 is 1.94 bits per heavy atom. The van der Waals surface area contributed by atoms with Crippen molar-refractivity contribution in [3.8, 4) is 17.3 Å². The minimum absolute atomic E-state index is 0.649. The van der Waals surface area contributed by atoms with Crippen molar-refractivity contribution in [2.24, 2.45) is 0 Å². The highest BCUT2D eigenvalue weighted by Gasteiger charge is 2.05. The van der Waals surface area contributed by atoms with Crippen LogP contribution in [0.25, 0.3) is 16.9 Å². The topological polar surface area (TPSA) is 54.0 Å². The molecule has 0 radical (unpaired) electrons. The number of imidazole rings is 1. The highest BCUT2D eigenvalue weighted by molar-refractivity contribution is 5.63. The number of hydrogen-bond acceptors (Lipinski definition) is 3. The van der Waals surface area contributed by atoms with Gasteiger partial charge in [0.15, 0.2) is 5.65 Å². The van der Waals surface area contributed by atoms with E-state index in [1.54, 1.807) is 29.0 Å². The largest absolute Gasteiger partial charge is 0.235 e. The summed E-state index contributed by atoms with van der Waals surface area (Å²) in [5, 5.41) is 13.0. The van der Waals surface area contributed by atoms with Crippen molar-refractivity contribution in [2.75, 3.05) is 0 Å². The molecule has 80 valence electrons. The van der Waals surface area contributed by atoms with Gasteiger partial charge in [0.05, 0.1) is 23.5 Å². The van der Waals surface area contributed by atoms with Crippen LogP contribution in [0.5, 0.6) is 0 Å². The van der Waals surface area contributed by atoms with Gasteiger partial charge in [-0.2, -0.15) is 10.4 Å². The van der Waals surface area contributed by atoms with E-state index in [2.05, 4.69) is 16.2 Å². The molecule has 0 spiro atoms. The van der Waals surface area contributed by atoms with E-state index in [0.717, 1.165) is 16.9 Å². The summed E-state index contributed by atoms with van der Waals surface area (Å²) >= 11 is 0. The van der Waals surface area contributed by atoms with Crippen molar-refractivity contribution < 1.29 is 0 Å². The van der Waals surface area contributed by atoms with Gasteiger partial charge in [0.25, 0.3) is 0 Å². The predicted molar refractivity (Wildman–Crippen MR) is 63.1 cm³/mol. The normalized spacial score (nSPS) is 10.3. The molecule has 0 saturated carbocycles. The third-order valence-corrected chi connectivity index (χ3v) is 2.59. The minimum Gasteiger partial charge on any atom is -0.235 e. The lowest BCUT2D eigenvalue weighted by molar-refractivity contribution is 0.943. The van der Waals surface area contributed by atoms with Crippen LogP contribution in [0.1, 0.15) is 5.56 Å². The number of nitriles is 1. The van der Waals surface area contributed by atoms with E-state index < -0.39 is 0 Å². The summed E-state index contributed by atoms with van der Waals surface area (Å²) in [5.41, 5.74) is 3.38. The lowest BCUT2D eigenvalue weighted by atomic mass is 10.1. The van der Waals surface area contributed by atoms with Crippen LogP contribution in [0.4, 0.5) is 0 Å². The maximum Gasteiger partial charge on any atom is 0.154 e.